The van der Waals surface area contributed by atoms with Crippen LogP contribution in [-0.4, -0.2) is 5.11 Å². The summed E-state index contributed by atoms with van der Waals surface area (Å²) in [4.78, 5) is 0. The van der Waals surface area contributed by atoms with Crippen LogP contribution in [0.15, 0.2) is 36.4 Å². The highest BCUT2D eigenvalue weighted by Crippen LogP contribution is 2.29. The molecule has 0 saturated heterocycles. The average Bonchev–Trinajstić information content (AvgIpc) is 2.35. The first-order chi connectivity index (χ1) is 8.97. The number of phenolic OH excluding ortho intramolecular Hbond substituents is 1. The lowest BCUT2D eigenvalue weighted by molar-refractivity contribution is 0.465. The van der Waals surface area contributed by atoms with Crippen LogP contribution in [0.3, 0.4) is 0 Å². The molecule has 2 aromatic rings. The Hall–Kier alpha value is -1.23. The van der Waals surface area contributed by atoms with Crippen LogP contribution in [0.25, 0.3) is 0 Å². The maximum atomic E-state index is 9.96. The molecule has 0 aromatic heterocycles. The number of hydrogen-bond donors (Lipinski definition) is 2. The van der Waals surface area contributed by atoms with Crippen molar-refractivity contribution in [3.8, 4) is 5.75 Å². The summed E-state index contributed by atoms with van der Waals surface area (Å²) < 4.78 is 1.23. The molecule has 0 heterocycles. The highest BCUT2D eigenvalue weighted by atomic mass is 127. The maximum absolute atomic E-state index is 9.96. The molecule has 0 spiro atoms. The molecule has 0 radical (unpaired) electrons. The van der Waals surface area contributed by atoms with E-state index < -0.39 is 0 Å². The fraction of sp³-hybridized carbons (Fsp3) is 0.250. The Labute approximate surface area is 128 Å². The second kappa shape index (κ2) is 5.82. The molecule has 0 bridgehead atoms. The quantitative estimate of drug-likeness (QED) is 0.765. The first-order valence-electron chi connectivity index (χ1n) is 6.29. The van der Waals surface area contributed by atoms with Crippen molar-refractivity contribution < 1.29 is 5.11 Å². The molecule has 1 atom stereocenters. The van der Waals surface area contributed by atoms with Gasteiger partial charge in [0.15, 0.2) is 0 Å². The SMILES string of the molecule is Cc1ccc(O)c(C(C)Nc2ccc(I)cc2C)c1. The summed E-state index contributed by atoms with van der Waals surface area (Å²) in [5.41, 5.74) is 4.40. The highest BCUT2D eigenvalue weighted by molar-refractivity contribution is 14.1. The average molecular weight is 367 g/mol. The first kappa shape index (κ1) is 14.2. The molecule has 0 amide bonds. The van der Waals surface area contributed by atoms with Gasteiger partial charge in [-0.1, -0.05) is 17.7 Å². The molecule has 3 heteroatoms. The van der Waals surface area contributed by atoms with Crippen molar-refractivity contribution in [3.05, 3.63) is 56.7 Å². The van der Waals surface area contributed by atoms with E-state index in [1.54, 1.807) is 6.07 Å². The Bertz CT molecular complexity index is 595. The predicted octanol–water partition coefficient (Wildman–Crippen LogP) is 4.79. The number of halogens is 1. The second-order valence-electron chi connectivity index (χ2n) is 4.89. The Morgan fingerprint density at radius 3 is 2.53 bits per heavy atom. The molecule has 2 rings (SSSR count). The lowest BCUT2D eigenvalue weighted by Crippen LogP contribution is -2.08. The fourth-order valence-corrected chi connectivity index (χ4v) is 2.77. The molecule has 2 nitrogen and oxygen atoms in total. The normalized spacial score (nSPS) is 12.2. The van der Waals surface area contributed by atoms with E-state index in [2.05, 4.69) is 60.0 Å². The molecular formula is C16H18INO. The van der Waals surface area contributed by atoms with Gasteiger partial charge in [0.05, 0.1) is 6.04 Å². The third-order valence-corrected chi connectivity index (χ3v) is 3.88. The minimum Gasteiger partial charge on any atom is -0.508 e. The van der Waals surface area contributed by atoms with Gasteiger partial charge in [-0.3, -0.25) is 0 Å². The van der Waals surface area contributed by atoms with Gasteiger partial charge >= 0.3 is 0 Å². The molecule has 19 heavy (non-hydrogen) atoms. The van der Waals surface area contributed by atoms with E-state index in [1.807, 2.05) is 19.1 Å². The summed E-state index contributed by atoms with van der Waals surface area (Å²) >= 11 is 2.31. The summed E-state index contributed by atoms with van der Waals surface area (Å²) in [5, 5.41) is 13.4. The fourth-order valence-electron chi connectivity index (χ4n) is 2.12. The monoisotopic (exact) mass is 367 g/mol. The number of aromatic hydroxyl groups is 1. The zero-order valence-electron chi connectivity index (χ0n) is 11.4. The zero-order valence-corrected chi connectivity index (χ0v) is 13.5. The smallest absolute Gasteiger partial charge is 0.120 e. The van der Waals surface area contributed by atoms with E-state index in [4.69, 9.17) is 0 Å². The van der Waals surface area contributed by atoms with Gasteiger partial charge in [-0.2, -0.15) is 0 Å². The van der Waals surface area contributed by atoms with E-state index >= 15 is 0 Å². The summed E-state index contributed by atoms with van der Waals surface area (Å²) in [6, 6.07) is 12.1. The zero-order chi connectivity index (χ0) is 14.0. The predicted molar refractivity (Wildman–Crippen MR) is 88.8 cm³/mol. The first-order valence-corrected chi connectivity index (χ1v) is 7.37. The number of rotatable bonds is 3. The Morgan fingerprint density at radius 2 is 1.84 bits per heavy atom. The van der Waals surface area contributed by atoms with Crippen molar-refractivity contribution in [2.24, 2.45) is 0 Å². The van der Waals surface area contributed by atoms with Crippen molar-refractivity contribution in [3.63, 3.8) is 0 Å². The van der Waals surface area contributed by atoms with E-state index in [9.17, 15) is 5.11 Å². The summed E-state index contributed by atoms with van der Waals surface area (Å²) in [6.07, 6.45) is 0. The van der Waals surface area contributed by atoms with Gasteiger partial charge in [-0.25, -0.2) is 0 Å². The van der Waals surface area contributed by atoms with E-state index in [1.165, 1.54) is 9.13 Å². The summed E-state index contributed by atoms with van der Waals surface area (Å²) in [6.45, 7) is 6.19. The van der Waals surface area contributed by atoms with Crippen LogP contribution >= 0.6 is 22.6 Å². The van der Waals surface area contributed by atoms with Crippen LogP contribution in [0.5, 0.6) is 5.75 Å². The van der Waals surface area contributed by atoms with E-state index in [0.29, 0.717) is 5.75 Å². The molecule has 0 aliphatic carbocycles. The van der Waals surface area contributed by atoms with E-state index in [-0.39, 0.29) is 6.04 Å². The van der Waals surface area contributed by atoms with Gasteiger partial charge in [0, 0.05) is 14.8 Å². The molecule has 100 valence electrons. The number of phenols is 1. The number of anilines is 1. The van der Waals surface area contributed by atoms with E-state index in [0.717, 1.165) is 16.8 Å². The highest BCUT2D eigenvalue weighted by Gasteiger charge is 2.11. The second-order valence-corrected chi connectivity index (χ2v) is 6.13. The maximum Gasteiger partial charge on any atom is 0.120 e. The van der Waals surface area contributed by atoms with Crippen LogP contribution in [0, 0.1) is 17.4 Å². The van der Waals surface area contributed by atoms with Gasteiger partial charge in [0.2, 0.25) is 0 Å². The van der Waals surface area contributed by atoms with Crippen LogP contribution in [-0.2, 0) is 0 Å². The van der Waals surface area contributed by atoms with Crippen molar-refractivity contribution in [1.82, 2.24) is 0 Å². The Kier molecular flexibility index (Phi) is 4.34. The molecule has 1 unspecified atom stereocenters. The third kappa shape index (κ3) is 3.41. The van der Waals surface area contributed by atoms with Gasteiger partial charge in [0.25, 0.3) is 0 Å². The number of hydrogen-bond acceptors (Lipinski definition) is 2. The van der Waals surface area contributed by atoms with Crippen LogP contribution in [0.2, 0.25) is 0 Å². The minimum absolute atomic E-state index is 0.0682. The van der Waals surface area contributed by atoms with Crippen molar-refractivity contribution in [2.75, 3.05) is 5.32 Å². The summed E-state index contributed by atoms with van der Waals surface area (Å²) in [5.74, 6) is 0.341. The summed E-state index contributed by atoms with van der Waals surface area (Å²) in [7, 11) is 0. The number of aryl methyl sites for hydroxylation is 2. The van der Waals surface area contributed by atoms with Crippen LogP contribution in [0.1, 0.15) is 29.7 Å². The molecule has 0 saturated carbocycles. The molecule has 0 aliphatic heterocycles. The third-order valence-electron chi connectivity index (χ3n) is 3.21. The van der Waals surface area contributed by atoms with Crippen molar-refractivity contribution in [1.29, 1.82) is 0 Å². The Morgan fingerprint density at radius 1 is 1.11 bits per heavy atom. The van der Waals surface area contributed by atoms with Gasteiger partial charge in [-0.05, 0) is 73.2 Å². The lowest BCUT2D eigenvalue weighted by Gasteiger charge is -2.19. The minimum atomic E-state index is 0.0682. The number of nitrogens with one attached hydrogen (secondary N) is 1. The van der Waals surface area contributed by atoms with Crippen molar-refractivity contribution >= 4 is 28.3 Å². The number of benzene rings is 2. The van der Waals surface area contributed by atoms with Gasteiger partial charge < -0.3 is 10.4 Å². The molecule has 0 aliphatic rings. The van der Waals surface area contributed by atoms with Gasteiger partial charge in [-0.15, -0.1) is 0 Å². The molecular weight excluding hydrogens is 349 g/mol. The lowest BCUT2D eigenvalue weighted by atomic mass is 10.0. The van der Waals surface area contributed by atoms with Crippen LogP contribution in [0.4, 0.5) is 5.69 Å². The van der Waals surface area contributed by atoms with Gasteiger partial charge in [0.1, 0.15) is 5.75 Å². The standard InChI is InChI=1S/C16H18INO/c1-10-4-7-16(19)14(8-10)12(3)18-15-6-5-13(17)9-11(15)2/h4-9,12,18-19H,1-3H3. The molecule has 2 N–H and O–H groups in total. The molecule has 2 aromatic carbocycles. The largest absolute Gasteiger partial charge is 0.508 e. The van der Waals surface area contributed by atoms with Crippen molar-refractivity contribution in [2.45, 2.75) is 26.8 Å². The molecule has 0 fully saturated rings. The topological polar surface area (TPSA) is 32.3 Å². The Balaban J connectivity index is 2.25. The van der Waals surface area contributed by atoms with Crippen LogP contribution < -0.4 is 5.32 Å².